The topological polar surface area (TPSA) is 67.9 Å². The summed E-state index contributed by atoms with van der Waals surface area (Å²) in [6, 6.07) is 0. The van der Waals surface area contributed by atoms with Gasteiger partial charge < -0.3 is 19.7 Å². The predicted molar refractivity (Wildman–Crippen MR) is 75.3 cm³/mol. The Morgan fingerprint density at radius 3 is 2.40 bits per heavy atom. The average molecular weight is 286 g/mol. The standard InChI is InChI=1S/C14H26N2O4/c1-14(2,3)20-13(18)15-7-11-9-16(4)8-10(11)6-12(17)19-5/h10-11H,6-9H2,1-5H3,(H,15,18)/t10-,11-/m1/s1. The fourth-order valence-electron chi connectivity index (χ4n) is 2.46. The Balaban J connectivity index is 2.44. The number of esters is 1. The van der Waals surface area contributed by atoms with Gasteiger partial charge in [0, 0.05) is 26.1 Å². The van der Waals surface area contributed by atoms with Crippen molar-refractivity contribution < 1.29 is 19.1 Å². The van der Waals surface area contributed by atoms with Crippen LogP contribution in [0.3, 0.4) is 0 Å². The second-order valence-electron chi connectivity index (χ2n) is 6.40. The van der Waals surface area contributed by atoms with Gasteiger partial charge in [-0.2, -0.15) is 0 Å². The zero-order valence-electron chi connectivity index (χ0n) is 13.1. The summed E-state index contributed by atoms with van der Waals surface area (Å²) in [4.78, 5) is 25.2. The van der Waals surface area contributed by atoms with Crippen LogP contribution in [0.5, 0.6) is 0 Å². The number of likely N-dealkylation sites (tertiary alicyclic amines) is 1. The maximum Gasteiger partial charge on any atom is 0.407 e. The Labute approximate surface area is 120 Å². The summed E-state index contributed by atoms with van der Waals surface area (Å²) >= 11 is 0. The van der Waals surface area contributed by atoms with E-state index in [4.69, 9.17) is 9.47 Å². The van der Waals surface area contributed by atoms with E-state index in [0.717, 1.165) is 13.1 Å². The molecule has 0 aliphatic carbocycles. The molecule has 6 nitrogen and oxygen atoms in total. The Bertz CT molecular complexity index is 352. The van der Waals surface area contributed by atoms with Crippen molar-refractivity contribution in [1.82, 2.24) is 10.2 Å². The second kappa shape index (κ2) is 6.92. The zero-order chi connectivity index (χ0) is 15.3. The number of alkyl carbamates (subject to hydrolysis) is 1. The predicted octanol–water partition coefficient (Wildman–Crippen LogP) is 1.25. The summed E-state index contributed by atoms with van der Waals surface area (Å²) < 4.78 is 9.92. The van der Waals surface area contributed by atoms with E-state index in [1.807, 2.05) is 27.8 Å². The first-order valence-corrected chi connectivity index (χ1v) is 6.93. The summed E-state index contributed by atoms with van der Waals surface area (Å²) in [6.07, 6.45) is -0.0227. The minimum Gasteiger partial charge on any atom is -0.469 e. The van der Waals surface area contributed by atoms with E-state index in [1.54, 1.807) is 0 Å². The van der Waals surface area contributed by atoms with Crippen molar-refractivity contribution in [3.63, 3.8) is 0 Å². The van der Waals surface area contributed by atoms with E-state index in [1.165, 1.54) is 7.11 Å². The SMILES string of the molecule is COC(=O)C[C@@H]1CN(C)C[C@H]1CNC(=O)OC(C)(C)C. The molecule has 20 heavy (non-hydrogen) atoms. The quantitative estimate of drug-likeness (QED) is 0.788. The molecular weight excluding hydrogens is 260 g/mol. The van der Waals surface area contributed by atoms with E-state index in [-0.39, 0.29) is 17.8 Å². The van der Waals surface area contributed by atoms with Crippen molar-refractivity contribution in [2.75, 3.05) is 33.8 Å². The molecule has 6 heteroatoms. The van der Waals surface area contributed by atoms with Crippen molar-refractivity contribution in [2.24, 2.45) is 11.8 Å². The van der Waals surface area contributed by atoms with Crippen LogP contribution in [-0.4, -0.2) is 56.4 Å². The first kappa shape index (κ1) is 16.8. The highest BCUT2D eigenvalue weighted by Gasteiger charge is 2.33. The zero-order valence-corrected chi connectivity index (χ0v) is 13.1. The molecule has 1 amide bonds. The molecule has 1 saturated heterocycles. The fraction of sp³-hybridized carbons (Fsp3) is 0.857. The molecule has 1 heterocycles. The molecule has 0 saturated carbocycles. The molecule has 0 unspecified atom stereocenters. The van der Waals surface area contributed by atoms with Crippen LogP contribution < -0.4 is 5.32 Å². The fourth-order valence-corrected chi connectivity index (χ4v) is 2.46. The molecule has 116 valence electrons. The maximum absolute atomic E-state index is 11.6. The summed E-state index contributed by atoms with van der Waals surface area (Å²) in [5.74, 6) is 0.251. The molecule has 0 aromatic heterocycles. The number of ether oxygens (including phenoxy) is 2. The minimum atomic E-state index is -0.498. The number of amides is 1. The average Bonchev–Trinajstić information content (AvgIpc) is 2.64. The molecule has 1 fully saturated rings. The van der Waals surface area contributed by atoms with Crippen molar-refractivity contribution in [2.45, 2.75) is 32.8 Å². The molecule has 2 atom stereocenters. The molecule has 1 rings (SSSR count). The molecule has 0 aromatic carbocycles. The number of nitrogens with one attached hydrogen (secondary N) is 1. The third kappa shape index (κ3) is 5.77. The number of carbonyl (C=O) groups is 2. The number of nitrogens with zero attached hydrogens (tertiary/aromatic N) is 1. The van der Waals surface area contributed by atoms with Crippen molar-refractivity contribution in [3.8, 4) is 0 Å². The molecule has 1 N–H and O–H groups in total. The number of carbonyl (C=O) groups excluding carboxylic acids is 2. The lowest BCUT2D eigenvalue weighted by molar-refractivity contribution is -0.141. The molecule has 0 radical (unpaired) electrons. The van der Waals surface area contributed by atoms with Gasteiger partial charge in [0.25, 0.3) is 0 Å². The van der Waals surface area contributed by atoms with Gasteiger partial charge >= 0.3 is 12.1 Å². The minimum absolute atomic E-state index is 0.201. The Morgan fingerprint density at radius 2 is 1.85 bits per heavy atom. The molecule has 1 aliphatic heterocycles. The summed E-state index contributed by atoms with van der Waals surface area (Å²) in [7, 11) is 3.41. The lowest BCUT2D eigenvalue weighted by Crippen LogP contribution is -2.37. The van der Waals surface area contributed by atoms with Gasteiger partial charge in [0.2, 0.25) is 0 Å². The van der Waals surface area contributed by atoms with E-state index in [0.29, 0.717) is 13.0 Å². The largest absolute Gasteiger partial charge is 0.469 e. The summed E-state index contributed by atoms with van der Waals surface area (Å²) in [5, 5.41) is 2.78. The molecule has 0 aromatic rings. The van der Waals surface area contributed by atoms with Crippen LogP contribution in [0.2, 0.25) is 0 Å². The Hall–Kier alpha value is -1.30. The Kier molecular flexibility index (Phi) is 5.80. The van der Waals surface area contributed by atoms with Crippen LogP contribution in [0.15, 0.2) is 0 Å². The molecule has 0 spiro atoms. The van der Waals surface area contributed by atoms with Crippen LogP contribution in [0, 0.1) is 11.8 Å². The third-order valence-corrected chi connectivity index (χ3v) is 3.32. The lowest BCUT2D eigenvalue weighted by atomic mass is 9.93. The van der Waals surface area contributed by atoms with Gasteiger partial charge in [0.1, 0.15) is 5.60 Å². The third-order valence-electron chi connectivity index (χ3n) is 3.32. The number of rotatable bonds is 4. The van der Waals surface area contributed by atoms with Crippen LogP contribution in [-0.2, 0) is 14.3 Å². The van der Waals surface area contributed by atoms with Crippen molar-refractivity contribution in [3.05, 3.63) is 0 Å². The first-order valence-electron chi connectivity index (χ1n) is 6.93. The van der Waals surface area contributed by atoms with Crippen LogP contribution >= 0.6 is 0 Å². The summed E-state index contributed by atoms with van der Waals surface area (Å²) in [6.45, 7) is 7.70. The molecular formula is C14H26N2O4. The monoisotopic (exact) mass is 286 g/mol. The Morgan fingerprint density at radius 1 is 1.25 bits per heavy atom. The van der Waals surface area contributed by atoms with Gasteiger partial charge in [-0.3, -0.25) is 4.79 Å². The van der Waals surface area contributed by atoms with Crippen molar-refractivity contribution >= 4 is 12.1 Å². The van der Waals surface area contributed by atoms with E-state index in [2.05, 4.69) is 10.2 Å². The van der Waals surface area contributed by atoms with Gasteiger partial charge in [-0.25, -0.2) is 4.79 Å². The van der Waals surface area contributed by atoms with Crippen LogP contribution in [0.4, 0.5) is 4.79 Å². The second-order valence-corrected chi connectivity index (χ2v) is 6.40. The van der Waals surface area contributed by atoms with Gasteiger partial charge in [0.05, 0.1) is 7.11 Å². The highest BCUT2D eigenvalue weighted by molar-refractivity contribution is 5.69. The lowest BCUT2D eigenvalue weighted by Gasteiger charge is -2.22. The normalized spacial score (nSPS) is 23.4. The number of methoxy groups -OCH3 is 1. The number of hydrogen-bond acceptors (Lipinski definition) is 5. The highest BCUT2D eigenvalue weighted by atomic mass is 16.6. The van der Waals surface area contributed by atoms with Crippen LogP contribution in [0.25, 0.3) is 0 Å². The highest BCUT2D eigenvalue weighted by Crippen LogP contribution is 2.25. The van der Waals surface area contributed by atoms with E-state index >= 15 is 0 Å². The first-order chi connectivity index (χ1) is 9.21. The van der Waals surface area contributed by atoms with Gasteiger partial charge in [-0.15, -0.1) is 0 Å². The van der Waals surface area contributed by atoms with E-state index < -0.39 is 11.7 Å². The van der Waals surface area contributed by atoms with Crippen molar-refractivity contribution in [1.29, 1.82) is 0 Å². The smallest absolute Gasteiger partial charge is 0.407 e. The van der Waals surface area contributed by atoms with Crippen LogP contribution in [0.1, 0.15) is 27.2 Å². The van der Waals surface area contributed by atoms with E-state index in [9.17, 15) is 9.59 Å². The maximum atomic E-state index is 11.6. The summed E-state index contributed by atoms with van der Waals surface area (Å²) in [5.41, 5.74) is -0.498. The molecule has 1 aliphatic rings. The number of hydrogen-bond donors (Lipinski definition) is 1. The van der Waals surface area contributed by atoms with Gasteiger partial charge in [0.15, 0.2) is 0 Å². The van der Waals surface area contributed by atoms with Gasteiger partial charge in [-0.05, 0) is 39.7 Å². The molecule has 0 bridgehead atoms. The van der Waals surface area contributed by atoms with Gasteiger partial charge in [-0.1, -0.05) is 0 Å².